The lowest BCUT2D eigenvalue weighted by atomic mass is 9.92. The van der Waals surface area contributed by atoms with Crippen LogP contribution < -0.4 is 5.32 Å². The Morgan fingerprint density at radius 1 is 1.12 bits per heavy atom. The zero-order valence-corrected chi connectivity index (χ0v) is 10.9. The molecule has 0 aliphatic heterocycles. The molecule has 2 heteroatoms. The van der Waals surface area contributed by atoms with E-state index >= 15 is 0 Å². The zero-order valence-electron chi connectivity index (χ0n) is 10.9. The molecule has 0 saturated heterocycles. The first-order chi connectivity index (χ1) is 7.49. The van der Waals surface area contributed by atoms with E-state index in [9.17, 15) is 4.79 Å². The van der Waals surface area contributed by atoms with E-state index in [-0.39, 0.29) is 5.78 Å². The third kappa shape index (κ3) is 2.50. The van der Waals surface area contributed by atoms with E-state index < -0.39 is 0 Å². The topological polar surface area (TPSA) is 29.1 Å². The van der Waals surface area contributed by atoms with Gasteiger partial charge >= 0.3 is 0 Å². The summed E-state index contributed by atoms with van der Waals surface area (Å²) in [6.45, 7) is 11.4. The lowest BCUT2D eigenvalue weighted by Crippen LogP contribution is -2.24. The van der Waals surface area contributed by atoms with Crippen molar-refractivity contribution in [2.24, 2.45) is 0 Å². The predicted octanol–water partition coefficient (Wildman–Crippen LogP) is 2.71. The maximum Gasteiger partial charge on any atom is 0.177 e. The van der Waals surface area contributed by atoms with Crippen LogP contribution in [0.1, 0.15) is 39.5 Å². The molecule has 0 aromatic heterocycles. The Labute approximate surface area is 98.1 Å². The molecule has 88 valence electrons. The van der Waals surface area contributed by atoms with Crippen LogP contribution in [-0.4, -0.2) is 18.9 Å². The Balaban J connectivity index is 3.16. The van der Waals surface area contributed by atoms with E-state index in [0.717, 1.165) is 23.2 Å². The summed E-state index contributed by atoms with van der Waals surface area (Å²) in [6, 6.07) is 2.15. The van der Waals surface area contributed by atoms with Gasteiger partial charge in [0.05, 0.1) is 6.54 Å². The van der Waals surface area contributed by atoms with Gasteiger partial charge in [0.25, 0.3) is 0 Å². The minimum Gasteiger partial charge on any atom is -0.310 e. The van der Waals surface area contributed by atoms with E-state index in [4.69, 9.17) is 0 Å². The van der Waals surface area contributed by atoms with E-state index in [1.807, 2.05) is 20.8 Å². The third-order valence-corrected chi connectivity index (χ3v) is 3.18. The zero-order chi connectivity index (χ0) is 12.3. The minimum atomic E-state index is 0.198. The van der Waals surface area contributed by atoms with Crippen molar-refractivity contribution in [1.29, 1.82) is 0 Å². The number of nitrogens with one attached hydrogen (secondary N) is 1. The van der Waals surface area contributed by atoms with Crippen LogP contribution in [0.5, 0.6) is 0 Å². The maximum atomic E-state index is 12.1. The van der Waals surface area contributed by atoms with Gasteiger partial charge in [-0.3, -0.25) is 4.79 Å². The molecular weight excluding hydrogens is 198 g/mol. The summed E-state index contributed by atoms with van der Waals surface area (Å²) in [7, 11) is 0. The number of aryl methyl sites for hydroxylation is 2. The van der Waals surface area contributed by atoms with Crippen molar-refractivity contribution in [3.8, 4) is 0 Å². The summed E-state index contributed by atoms with van der Waals surface area (Å²) in [5.74, 6) is 0.198. The second kappa shape index (κ2) is 5.26. The van der Waals surface area contributed by atoms with Crippen molar-refractivity contribution < 1.29 is 4.79 Å². The lowest BCUT2D eigenvalue weighted by molar-refractivity contribution is 0.0990. The van der Waals surface area contributed by atoms with E-state index in [1.54, 1.807) is 0 Å². The Morgan fingerprint density at radius 2 is 1.62 bits per heavy atom. The Hall–Kier alpha value is -1.15. The van der Waals surface area contributed by atoms with Gasteiger partial charge in [-0.1, -0.05) is 13.0 Å². The molecular formula is C14H21NO. The lowest BCUT2D eigenvalue weighted by Gasteiger charge is -2.14. The Bertz CT molecular complexity index is 381. The van der Waals surface area contributed by atoms with Crippen LogP contribution in [-0.2, 0) is 0 Å². The van der Waals surface area contributed by atoms with Gasteiger partial charge < -0.3 is 5.32 Å². The first-order valence-electron chi connectivity index (χ1n) is 5.80. The number of ketones is 1. The normalized spacial score (nSPS) is 10.6. The standard InChI is InChI=1S/C14H21NO/c1-6-15-8-13(16)14-11(4)9(2)7-10(3)12(14)5/h7,15H,6,8H2,1-5H3. The van der Waals surface area contributed by atoms with Crippen molar-refractivity contribution in [2.75, 3.05) is 13.1 Å². The van der Waals surface area contributed by atoms with Crippen LogP contribution in [0.15, 0.2) is 6.07 Å². The molecule has 0 unspecified atom stereocenters. The Kier molecular flexibility index (Phi) is 4.25. The number of carbonyl (C=O) groups is 1. The fourth-order valence-corrected chi connectivity index (χ4v) is 1.96. The van der Waals surface area contributed by atoms with Crippen LogP contribution in [0.3, 0.4) is 0 Å². The largest absolute Gasteiger partial charge is 0.310 e. The molecule has 16 heavy (non-hydrogen) atoms. The number of carbonyl (C=O) groups excluding carboxylic acids is 1. The van der Waals surface area contributed by atoms with Gasteiger partial charge in [0.15, 0.2) is 5.78 Å². The number of rotatable bonds is 4. The van der Waals surface area contributed by atoms with Crippen LogP contribution in [0, 0.1) is 27.7 Å². The summed E-state index contributed by atoms with van der Waals surface area (Å²) in [5, 5.41) is 3.09. The molecule has 0 amide bonds. The van der Waals surface area contributed by atoms with Crippen LogP contribution in [0.25, 0.3) is 0 Å². The quantitative estimate of drug-likeness (QED) is 0.789. The molecule has 0 atom stereocenters. The van der Waals surface area contributed by atoms with Gasteiger partial charge in [-0.15, -0.1) is 0 Å². The molecule has 0 aliphatic carbocycles. The molecule has 1 N–H and O–H groups in total. The summed E-state index contributed by atoms with van der Waals surface area (Å²) in [4.78, 5) is 12.1. The van der Waals surface area contributed by atoms with Gasteiger partial charge in [-0.25, -0.2) is 0 Å². The first kappa shape index (κ1) is 12.9. The van der Waals surface area contributed by atoms with Gasteiger partial charge in [-0.05, 0) is 56.5 Å². The number of hydrogen-bond acceptors (Lipinski definition) is 2. The third-order valence-electron chi connectivity index (χ3n) is 3.18. The van der Waals surface area contributed by atoms with Crippen molar-refractivity contribution in [3.63, 3.8) is 0 Å². The van der Waals surface area contributed by atoms with Crippen molar-refractivity contribution in [1.82, 2.24) is 5.32 Å². The van der Waals surface area contributed by atoms with Crippen LogP contribution in [0.4, 0.5) is 0 Å². The highest BCUT2D eigenvalue weighted by Gasteiger charge is 2.14. The van der Waals surface area contributed by atoms with Gasteiger partial charge in [0, 0.05) is 5.56 Å². The molecule has 0 saturated carbocycles. The maximum absolute atomic E-state index is 12.1. The monoisotopic (exact) mass is 219 g/mol. The minimum absolute atomic E-state index is 0.198. The SMILES string of the molecule is CCNCC(=O)c1c(C)c(C)cc(C)c1C. The summed E-state index contributed by atoms with van der Waals surface area (Å²) < 4.78 is 0. The molecule has 1 aromatic carbocycles. The van der Waals surface area contributed by atoms with Crippen LogP contribution in [0.2, 0.25) is 0 Å². The fourth-order valence-electron chi connectivity index (χ4n) is 1.96. The summed E-state index contributed by atoms with van der Waals surface area (Å²) >= 11 is 0. The summed E-state index contributed by atoms with van der Waals surface area (Å²) in [5.41, 5.74) is 5.53. The Morgan fingerprint density at radius 3 is 2.06 bits per heavy atom. The highest BCUT2D eigenvalue weighted by atomic mass is 16.1. The average Bonchev–Trinajstić information content (AvgIpc) is 2.24. The summed E-state index contributed by atoms with van der Waals surface area (Å²) in [6.07, 6.45) is 0. The second-order valence-corrected chi connectivity index (χ2v) is 4.34. The first-order valence-corrected chi connectivity index (χ1v) is 5.80. The van der Waals surface area contributed by atoms with Gasteiger partial charge in [0.2, 0.25) is 0 Å². The second-order valence-electron chi connectivity index (χ2n) is 4.34. The van der Waals surface area contributed by atoms with Crippen LogP contribution >= 0.6 is 0 Å². The fraction of sp³-hybridized carbons (Fsp3) is 0.500. The predicted molar refractivity (Wildman–Crippen MR) is 68.3 cm³/mol. The van der Waals surface area contributed by atoms with E-state index in [1.165, 1.54) is 11.1 Å². The smallest absolute Gasteiger partial charge is 0.177 e. The van der Waals surface area contributed by atoms with E-state index in [2.05, 4.69) is 25.2 Å². The number of benzene rings is 1. The van der Waals surface area contributed by atoms with Gasteiger partial charge in [-0.2, -0.15) is 0 Å². The highest BCUT2D eigenvalue weighted by molar-refractivity contribution is 6.00. The molecule has 0 radical (unpaired) electrons. The van der Waals surface area contributed by atoms with E-state index in [0.29, 0.717) is 6.54 Å². The van der Waals surface area contributed by atoms with Gasteiger partial charge in [0.1, 0.15) is 0 Å². The molecule has 1 rings (SSSR count). The molecule has 0 aliphatic rings. The molecule has 0 bridgehead atoms. The molecule has 0 fully saturated rings. The number of Topliss-reactive ketones (excluding diaryl/α,β-unsaturated/α-hetero) is 1. The molecule has 0 heterocycles. The highest BCUT2D eigenvalue weighted by Crippen LogP contribution is 2.21. The molecule has 0 spiro atoms. The average molecular weight is 219 g/mol. The van der Waals surface area contributed by atoms with Crippen molar-refractivity contribution in [2.45, 2.75) is 34.6 Å². The number of hydrogen-bond donors (Lipinski definition) is 1. The van der Waals surface area contributed by atoms with Crippen molar-refractivity contribution in [3.05, 3.63) is 33.9 Å². The van der Waals surface area contributed by atoms with Crippen molar-refractivity contribution >= 4 is 5.78 Å². The molecule has 1 aromatic rings. The molecule has 2 nitrogen and oxygen atoms in total. The number of likely N-dealkylation sites (N-methyl/N-ethyl adjacent to an activating group) is 1.